The Labute approximate surface area is 118 Å². The number of rotatable bonds is 5. The summed E-state index contributed by atoms with van der Waals surface area (Å²) >= 11 is 0. The lowest BCUT2D eigenvalue weighted by Crippen LogP contribution is -2.51. The maximum Gasteiger partial charge on any atom is 0.305 e. The summed E-state index contributed by atoms with van der Waals surface area (Å²) < 4.78 is 10.9. The second kappa shape index (κ2) is 7.56. The average molecular weight is 286 g/mol. The fourth-order valence-corrected chi connectivity index (χ4v) is 2.59. The molecule has 0 radical (unpaired) electrons. The lowest BCUT2D eigenvalue weighted by atomic mass is 10.1. The van der Waals surface area contributed by atoms with Crippen LogP contribution in [0, 0.1) is 0 Å². The first kappa shape index (κ1) is 15.2. The summed E-state index contributed by atoms with van der Waals surface area (Å²) in [6.45, 7) is 3.03. The van der Waals surface area contributed by atoms with E-state index in [1.165, 1.54) is 0 Å². The predicted molar refractivity (Wildman–Crippen MR) is 70.4 cm³/mol. The van der Waals surface area contributed by atoms with Gasteiger partial charge in [0.1, 0.15) is 6.61 Å². The van der Waals surface area contributed by atoms with Crippen molar-refractivity contribution in [1.82, 2.24) is 10.2 Å². The fourth-order valence-electron chi connectivity index (χ4n) is 2.59. The number of hydrogen-bond acceptors (Lipinski definition) is 5. The molecule has 1 atom stereocenters. The molecule has 20 heavy (non-hydrogen) atoms. The molecule has 2 heterocycles. The molecule has 114 valence electrons. The molecule has 2 fully saturated rings. The van der Waals surface area contributed by atoms with Gasteiger partial charge in [-0.2, -0.15) is 0 Å². The van der Waals surface area contributed by atoms with Crippen molar-refractivity contribution >= 4 is 11.9 Å². The molecule has 0 aromatic carbocycles. The average Bonchev–Trinajstić information content (AvgIpc) is 2.46. The van der Waals surface area contributed by atoms with Crippen LogP contribution in [0.15, 0.2) is 0 Å². The first-order valence-corrected chi connectivity index (χ1v) is 7.08. The van der Waals surface area contributed by atoms with Gasteiger partial charge in [-0.15, -0.1) is 0 Å². The normalized spacial score (nSPS) is 24.6. The zero-order chi connectivity index (χ0) is 14.4. The number of carboxylic acid groups (broad SMARTS) is 1. The Hall–Kier alpha value is -1.18. The molecule has 7 nitrogen and oxygen atoms in total. The molecular weight excluding hydrogens is 264 g/mol. The number of carboxylic acids is 1. The molecule has 2 rings (SSSR count). The molecule has 0 aromatic heterocycles. The minimum atomic E-state index is -0.919. The quantitative estimate of drug-likeness (QED) is 0.705. The number of aliphatic carboxylic acids is 1. The van der Waals surface area contributed by atoms with E-state index < -0.39 is 5.97 Å². The molecule has 2 N–H and O–H groups in total. The molecule has 2 aliphatic rings. The van der Waals surface area contributed by atoms with Gasteiger partial charge >= 0.3 is 5.97 Å². The molecular formula is C13H22N2O5. The molecule has 1 amide bonds. The number of nitrogens with zero attached hydrogens (tertiary/aromatic N) is 1. The number of piperidine rings is 1. The van der Waals surface area contributed by atoms with Crippen LogP contribution in [0.5, 0.6) is 0 Å². The highest BCUT2D eigenvalue weighted by Crippen LogP contribution is 2.13. The molecule has 1 unspecified atom stereocenters. The Balaban J connectivity index is 1.80. The maximum absolute atomic E-state index is 12.2. The van der Waals surface area contributed by atoms with Crippen LogP contribution in [0.1, 0.15) is 19.3 Å². The van der Waals surface area contributed by atoms with Gasteiger partial charge in [0, 0.05) is 6.54 Å². The summed E-state index contributed by atoms with van der Waals surface area (Å²) in [4.78, 5) is 24.6. The fraction of sp³-hybridized carbons (Fsp3) is 0.846. The Kier molecular flexibility index (Phi) is 5.75. The van der Waals surface area contributed by atoms with E-state index in [9.17, 15) is 9.59 Å². The van der Waals surface area contributed by atoms with Crippen LogP contribution in [0.4, 0.5) is 0 Å². The Morgan fingerprint density at radius 1 is 1.35 bits per heavy atom. The molecule has 0 bridgehead atoms. The molecule has 2 saturated heterocycles. The first-order chi connectivity index (χ1) is 9.66. The number of carbonyl (C=O) groups is 2. The topological polar surface area (TPSA) is 88.1 Å². The highest BCUT2D eigenvalue weighted by atomic mass is 16.5. The third-order valence-corrected chi connectivity index (χ3v) is 3.69. The van der Waals surface area contributed by atoms with E-state index in [4.69, 9.17) is 14.6 Å². The van der Waals surface area contributed by atoms with E-state index in [0.717, 1.165) is 25.9 Å². The van der Waals surface area contributed by atoms with Crippen molar-refractivity contribution in [2.45, 2.75) is 31.4 Å². The van der Waals surface area contributed by atoms with E-state index in [-0.39, 0.29) is 37.7 Å². The predicted octanol–water partition coefficient (Wildman–Crippen LogP) is -0.543. The largest absolute Gasteiger partial charge is 0.481 e. The van der Waals surface area contributed by atoms with E-state index in [1.807, 2.05) is 0 Å². The van der Waals surface area contributed by atoms with Crippen LogP contribution in [-0.2, 0) is 19.1 Å². The smallest absolute Gasteiger partial charge is 0.305 e. The van der Waals surface area contributed by atoms with E-state index in [0.29, 0.717) is 13.2 Å². The number of hydrogen-bond donors (Lipinski definition) is 2. The van der Waals surface area contributed by atoms with Gasteiger partial charge in [-0.3, -0.25) is 9.59 Å². The van der Waals surface area contributed by atoms with Crippen LogP contribution < -0.4 is 5.32 Å². The lowest BCUT2D eigenvalue weighted by molar-refractivity contribution is -0.151. The summed E-state index contributed by atoms with van der Waals surface area (Å²) in [5.41, 5.74) is 0. The third-order valence-electron chi connectivity index (χ3n) is 3.69. The Morgan fingerprint density at radius 3 is 2.80 bits per heavy atom. The van der Waals surface area contributed by atoms with Crippen LogP contribution in [0.3, 0.4) is 0 Å². The summed E-state index contributed by atoms with van der Waals surface area (Å²) in [5, 5.41) is 12.1. The standard InChI is InChI=1S/C13H22N2O5/c16-12(9-20-11-1-3-14-4-2-11)15-5-6-19-8-10(15)7-13(17)18/h10-11,14H,1-9H2,(H,17,18). The first-order valence-electron chi connectivity index (χ1n) is 7.08. The second-order valence-electron chi connectivity index (χ2n) is 5.17. The summed E-state index contributed by atoms with van der Waals surface area (Å²) in [5.74, 6) is -1.06. The summed E-state index contributed by atoms with van der Waals surface area (Å²) in [6, 6.07) is -0.384. The number of carbonyl (C=O) groups excluding carboxylic acids is 1. The van der Waals surface area contributed by atoms with Crippen molar-refractivity contribution in [3.8, 4) is 0 Å². The van der Waals surface area contributed by atoms with Crippen molar-refractivity contribution in [2.75, 3.05) is 39.5 Å². The van der Waals surface area contributed by atoms with Gasteiger partial charge < -0.3 is 24.8 Å². The Bertz CT molecular complexity index is 344. The van der Waals surface area contributed by atoms with Crippen molar-refractivity contribution in [1.29, 1.82) is 0 Å². The van der Waals surface area contributed by atoms with Gasteiger partial charge in [0.25, 0.3) is 0 Å². The zero-order valence-electron chi connectivity index (χ0n) is 11.5. The van der Waals surface area contributed by atoms with Crippen molar-refractivity contribution in [3.63, 3.8) is 0 Å². The van der Waals surface area contributed by atoms with Gasteiger partial charge in [0.05, 0.1) is 31.8 Å². The molecule has 0 aliphatic carbocycles. The van der Waals surface area contributed by atoms with E-state index in [1.54, 1.807) is 4.90 Å². The van der Waals surface area contributed by atoms with Crippen molar-refractivity contribution in [2.24, 2.45) is 0 Å². The highest BCUT2D eigenvalue weighted by molar-refractivity contribution is 5.79. The van der Waals surface area contributed by atoms with Crippen LogP contribution >= 0.6 is 0 Å². The van der Waals surface area contributed by atoms with Crippen LogP contribution in [-0.4, -0.2) is 73.5 Å². The van der Waals surface area contributed by atoms with Crippen LogP contribution in [0.25, 0.3) is 0 Å². The number of morpholine rings is 1. The molecule has 7 heteroatoms. The van der Waals surface area contributed by atoms with Gasteiger partial charge in [0.2, 0.25) is 5.91 Å². The Morgan fingerprint density at radius 2 is 2.10 bits per heavy atom. The maximum atomic E-state index is 12.2. The van der Waals surface area contributed by atoms with Crippen molar-refractivity contribution in [3.05, 3.63) is 0 Å². The summed E-state index contributed by atoms with van der Waals surface area (Å²) in [7, 11) is 0. The lowest BCUT2D eigenvalue weighted by Gasteiger charge is -2.35. The van der Waals surface area contributed by atoms with E-state index >= 15 is 0 Å². The molecule has 2 aliphatic heterocycles. The number of ether oxygens (including phenoxy) is 2. The van der Waals surface area contributed by atoms with Gasteiger partial charge in [-0.25, -0.2) is 0 Å². The van der Waals surface area contributed by atoms with E-state index in [2.05, 4.69) is 5.32 Å². The van der Waals surface area contributed by atoms with Gasteiger partial charge in [-0.05, 0) is 25.9 Å². The van der Waals surface area contributed by atoms with Crippen LogP contribution in [0.2, 0.25) is 0 Å². The molecule has 0 saturated carbocycles. The van der Waals surface area contributed by atoms with Crippen molar-refractivity contribution < 1.29 is 24.2 Å². The second-order valence-corrected chi connectivity index (χ2v) is 5.17. The molecule has 0 aromatic rings. The van der Waals surface area contributed by atoms with Gasteiger partial charge in [-0.1, -0.05) is 0 Å². The molecule has 0 spiro atoms. The number of amides is 1. The minimum Gasteiger partial charge on any atom is -0.481 e. The van der Waals surface area contributed by atoms with Gasteiger partial charge in [0.15, 0.2) is 0 Å². The zero-order valence-corrected chi connectivity index (χ0v) is 11.5. The highest BCUT2D eigenvalue weighted by Gasteiger charge is 2.29. The minimum absolute atomic E-state index is 0.0286. The SMILES string of the molecule is O=C(O)CC1COCCN1C(=O)COC1CCNCC1. The number of nitrogens with one attached hydrogen (secondary N) is 1. The monoisotopic (exact) mass is 286 g/mol. The third kappa shape index (κ3) is 4.43. The summed E-state index contributed by atoms with van der Waals surface area (Å²) in [6.07, 6.45) is 1.86.